The second-order valence-electron chi connectivity index (χ2n) is 4.45. The van der Waals surface area contributed by atoms with E-state index in [9.17, 15) is 0 Å². The van der Waals surface area contributed by atoms with Crippen LogP contribution in [0.3, 0.4) is 0 Å². The lowest BCUT2D eigenvalue weighted by Crippen LogP contribution is -2.25. The normalized spacial score (nSPS) is 12.6. The topological polar surface area (TPSA) is 29.9 Å². The number of imidazole rings is 1. The number of nitrogens with one attached hydrogen (secondary N) is 1. The van der Waals surface area contributed by atoms with Gasteiger partial charge in [-0.2, -0.15) is 0 Å². The molecular formula is C14H17Cl2N3. The molecule has 2 rings (SSSR count). The van der Waals surface area contributed by atoms with Crippen LogP contribution in [0.25, 0.3) is 0 Å². The molecule has 19 heavy (non-hydrogen) atoms. The molecule has 1 aromatic carbocycles. The molecule has 0 aliphatic heterocycles. The van der Waals surface area contributed by atoms with Gasteiger partial charge < -0.3 is 9.88 Å². The Bertz CT molecular complexity index is 551. The predicted molar refractivity (Wildman–Crippen MR) is 79.8 cm³/mol. The Labute approximate surface area is 123 Å². The standard InChI is InChI=1S/C14H17Cl2N3/c1-3-17-13(14-18-6-7-19(14)2)9-10-8-11(15)4-5-12(10)16/h4-8,13,17H,3,9H2,1-2H3. The molecule has 0 radical (unpaired) electrons. The van der Waals surface area contributed by atoms with E-state index in [0.29, 0.717) is 5.02 Å². The van der Waals surface area contributed by atoms with E-state index >= 15 is 0 Å². The van der Waals surface area contributed by atoms with Crippen LogP contribution in [-0.2, 0) is 13.5 Å². The summed E-state index contributed by atoms with van der Waals surface area (Å²) in [7, 11) is 1.99. The maximum absolute atomic E-state index is 6.23. The first-order valence-corrected chi connectivity index (χ1v) is 7.02. The van der Waals surface area contributed by atoms with Crippen molar-refractivity contribution < 1.29 is 0 Å². The van der Waals surface area contributed by atoms with Crippen molar-refractivity contribution in [1.82, 2.24) is 14.9 Å². The van der Waals surface area contributed by atoms with Gasteiger partial charge in [0.05, 0.1) is 6.04 Å². The van der Waals surface area contributed by atoms with Gasteiger partial charge in [0.1, 0.15) is 5.82 Å². The van der Waals surface area contributed by atoms with Crippen molar-refractivity contribution in [2.45, 2.75) is 19.4 Å². The van der Waals surface area contributed by atoms with E-state index in [1.54, 1.807) is 12.3 Å². The van der Waals surface area contributed by atoms with E-state index in [0.717, 1.165) is 29.4 Å². The van der Waals surface area contributed by atoms with Crippen molar-refractivity contribution >= 4 is 23.2 Å². The number of rotatable bonds is 5. The van der Waals surface area contributed by atoms with Crippen LogP contribution >= 0.6 is 23.2 Å². The first kappa shape index (κ1) is 14.4. The fourth-order valence-corrected chi connectivity index (χ4v) is 2.52. The average molecular weight is 298 g/mol. The second-order valence-corrected chi connectivity index (χ2v) is 5.29. The number of hydrogen-bond donors (Lipinski definition) is 1. The molecule has 2 aromatic rings. The number of halogens is 2. The molecular weight excluding hydrogens is 281 g/mol. The smallest absolute Gasteiger partial charge is 0.125 e. The minimum Gasteiger partial charge on any atom is -0.337 e. The van der Waals surface area contributed by atoms with Crippen LogP contribution in [0.5, 0.6) is 0 Å². The van der Waals surface area contributed by atoms with E-state index in [2.05, 4.69) is 17.2 Å². The van der Waals surface area contributed by atoms with E-state index in [-0.39, 0.29) is 6.04 Å². The van der Waals surface area contributed by atoms with Crippen LogP contribution in [0.4, 0.5) is 0 Å². The third-order valence-corrected chi connectivity index (χ3v) is 3.66. The number of aryl methyl sites for hydroxylation is 1. The quantitative estimate of drug-likeness (QED) is 0.913. The van der Waals surface area contributed by atoms with Crippen molar-refractivity contribution in [1.29, 1.82) is 0 Å². The van der Waals surface area contributed by atoms with Gasteiger partial charge in [0.2, 0.25) is 0 Å². The third-order valence-electron chi connectivity index (χ3n) is 3.05. The summed E-state index contributed by atoms with van der Waals surface area (Å²) in [5.74, 6) is 0.998. The molecule has 1 heterocycles. The summed E-state index contributed by atoms with van der Waals surface area (Å²) in [5.41, 5.74) is 1.03. The van der Waals surface area contributed by atoms with Crippen molar-refractivity contribution in [2.75, 3.05) is 6.54 Å². The Morgan fingerprint density at radius 3 is 2.79 bits per heavy atom. The minimum atomic E-state index is 0.126. The van der Waals surface area contributed by atoms with Crippen molar-refractivity contribution in [3.63, 3.8) is 0 Å². The molecule has 1 unspecified atom stereocenters. The Kier molecular flexibility index (Phi) is 4.86. The molecule has 3 nitrogen and oxygen atoms in total. The average Bonchev–Trinajstić information content (AvgIpc) is 2.79. The molecule has 0 spiro atoms. The zero-order valence-corrected chi connectivity index (χ0v) is 12.5. The lowest BCUT2D eigenvalue weighted by Gasteiger charge is -2.18. The maximum atomic E-state index is 6.23. The molecule has 0 aliphatic carbocycles. The summed E-state index contributed by atoms with van der Waals surface area (Å²) >= 11 is 12.3. The molecule has 0 fully saturated rings. The van der Waals surface area contributed by atoms with Crippen molar-refractivity contribution in [3.8, 4) is 0 Å². The number of likely N-dealkylation sites (N-methyl/N-ethyl adjacent to an activating group) is 1. The van der Waals surface area contributed by atoms with Crippen LogP contribution in [0.15, 0.2) is 30.6 Å². The van der Waals surface area contributed by atoms with E-state index in [1.807, 2.05) is 29.9 Å². The fourth-order valence-electron chi connectivity index (χ4n) is 2.13. The fraction of sp³-hybridized carbons (Fsp3) is 0.357. The summed E-state index contributed by atoms with van der Waals surface area (Å²) < 4.78 is 2.02. The highest BCUT2D eigenvalue weighted by Crippen LogP contribution is 2.25. The summed E-state index contributed by atoms with van der Waals surface area (Å²) in [6.07, 6.45) is 4.51. The van der Waals surface area contributed by atoms with E-state index < -0.39 is 0 Å². The third kappa shape index (κ3) is 3.50. The van der Waals surface area contributed by atoms with Gasteiger partial charge >= 0.3 is 0 Å². The summed E-state index contributed by atoms with van der Waals surface area (Å²) in [4.78, 5) is 4.41. The number of benzene rings is 1. The van der Waals surface area contributed by atoms with E-state index in [1.165, 1.54) is 0 Å². The number of aromatic nitrogens is 2. The summed E-state index contributed by atoms with van der Waals surface area (Å²) in [5, 5.41) is 4.88. The highest BCUT2D eigenvalue weighted by atomic mass is 35.5. The number of hydrogen-bond acceptors (Lipinski definition) is 2. The Balaban J connectivity index is 2.26. The van der Waals surface area contributed by atoms with Gasteiger partial charge in [-0.3, -0.25) is 0 Å². The highest BCUT2D eigenvalue weighted by Gasteiger charge is 2.17. The molecule has 0 aliphatic rings. The van der Waals surface area contributed by atoms with Gasteiger partial charge in [0.25, 0.3) is 0 Å². The van der Waals surface area contributed by atoms with Crippen LogP contribution in [-0.4, -0.2) is 16.1 Å². The molecule has 102 valence electrons. The molecule has 0 bridgehead atoms. The first-order chi connectivity index (χ1) is 9.11. The van der Waals surface area contributed by atoms with Crippen molar-refractivity contribution in [2.24, 2.45) is 7.05 Å². The Morgan fingerprint density at radius 1 is 1.37 bits per heavy atom. The molecule has 0 saturated heterocycles. The molecule has 0 amide bonds. The Hall–Kier alpha value is -1.03. The minimum absolute atomic E-state index is 0.126. The molecule has 1 atom stereocenters. The lowest BCUT2D eigenvalue weighted by atomic mass is 10.1. The zero-order chi connectivity index (χ0) is 13.8. The van der Waals surface area contributed by atoms with Crippen LogP contribution < -0.4 is 5.32 Å². The SMILES string of the molecule is CCNC(Cc1cc(Cl)ccc1Cl)c1nccn1C. The first-order valence-electron chi connectivity index (χ1n) is 6.26. The van der Waals surface area contributed by atoms with Gasteiger partial charge in [0.15, 0.2) is 0 Å². The second kappa shape index (κ2) is 6.42. The molecule has 0 saturated carbocycles. The van der Waals surface area contributed by atoms with Crippen LogP contribution in [0.1, 0.15) is 24.4 Å². The predicted octanol–water partition coefficient (Wildman–Crippen LogP) is 3.62. The maximum Gasteiger partial charge on any atom is 0.125 e. The van der Waals surface area contributed by atoms with Gasteiger partial charge in [-0.05, 0) is 36.7 Å². The van der Waals surface area contributed by atoms with Gasteiger partial charge in [-0.1, -0.05) is 30.1 Å². The lowest BCUT2D eigenvalue weighted by molar-refractivity contribution is 0.506. The Morgan fingerprint density at radius 2 is 2.16 bits per heavy atom. The summed E-state index contributed by atoms with van der Waals surface area (Å²) in [6, 6.07) is 5.68. The van der Waals surface area contributed by atoms with E-state index in [4.69, 9.17) is 23.2 Å². The molecule has 5 heteroatoms. The monoisotopic (exact) mass is 297 g/mol. The van der Waals surface area contributed by atoms with Crippen LogP contribution in [0.2, 0.25) is 10.0 Å². The molecule has 1 N–H and O–H groups in total. The van der Waals surface area contributed by atoms with Gasteiger partial charge in [-0.15, -0.1) is 0 Å². The molecule has 1 aromatic heterocycles. The van der Waals surface area contributed by atoms with Crippen LogP contribution in [0, 0.1) is 0 Å². The summed E-state index contributed by atoms with van der Waals surface area (Å²) in [6.45, 7) is 2.95. The highest BCUT2D eigenvalue weighted by molar-refractivity contribution is 6.33. The van der Waals surface area contributed by atoms with Crippen molar-refractivity contribution in [3.05, 3.63) is 52.0 Å². The van der Waals surface area contributed by atoms with Gasteiger partial charge in [-0.25, -0.2) is 4.98 Å². The van der Waals surface area contributed by atoms with Gasteiger partial charge in [0, 0.05) is 29.5 Å². The zero-order valence-electron chi connectivity index (χ0n) is 11.0. The largest absolute Gasteiger partial charge is 0.337 e. The number of nitrogens with zero attached hydrogens (tertiary/aromatic N) is 2.